The number of carbonyl (C=O) groups is 1. The highest BCUT2D eigenvalue weighted by molar-refractivity contribution is 5.89. The van der Waals surface area contributed by atoms with Gasteiger partial charge in [0.15, 0.2) is 5.78 Å². The Morgan fingerprint density at radius 3 is 2.08 bits per heavy atom. The first kappa shape index (κ1) is 10.7. The summed E-state index contributed by atoms with van der Waals surface area (Å²) in [6.07, 6.45) is 2.49. The Bertz CT molecular complexity index is 190. The van der Waals surface area contributed by atoms with Gasteiger partial charge in [-0.1, -0.05) is 13.8 Å². The van der Waals surface area contributed by atoms with Crippen LogP contribution < -0.4 is 0 Å². The Labute approximate surface area is 81.3 Å². The van der Waals surface area contributed by atoms with Crippen molar-refractivity contribution >= 4 is 5.78 Å². The minimum atomic E-state index is -0.245. The molecule has 0 saturated carbocycles. The van der Waals surface area contributed by atoms with Gasteiger partial charge in [-0.15, -0.1) is 0 Å². The van der Waals surface area contributed by atoms with Gasteiger partial charge in [-0.2, -0.15) is 0 Å². The van der Waals surface area contributed by atoms with Gasteiger partial charge in [0.25, 0.3) is 0 Å². The zero-order valence-electron chi connectivity index (χ0n) is 9.26. The van der Waals surface area contributed by atoms with Gasteiger partial charge in [0, 0.05) is 5.92 Å². The number of carbonyl (C=O) groups excluding carboxylic acids is 1. The van der Waals surface area contributed by atoms with Gasteiger partial charge in [-0.3, -0.25) is 9.69 Å². The third-order valence-corrected chi connectivity index (χ3v) is 3.02. The Hall–Kier alpha value is -0.370. The van der Waals surface area contributed by atoms with Crippen LogP contribution in [0.1, 0.15) is 40.5 Å². The maximum Gasteiger partial charge on any atom is 0.155 e. The first-order valence-corrected chi connectivity index (χ1v) is 5.25. The summed E-state index contributed by atoms with van der Waals surface area (Å²) in [4.78, 5) is 14.2. The van der Waals surface area contributed by atoms with Gasteiger partial charge >= 0.3 is 0 Å². The molecule has 0 spiro atoms. The van der Waals surface area contributed by atoms with Crippen LogP contribution in [0.4, 0.5) is 0 Å². The number of hydrogen-bond acceptors (Lipinski definition) is 2. The van der Waals surface area contributed by atoms with Gasteiger partial charge < -0.3 is 0 Å². The minimum Gasteiger partial charge on any atom is -0.297 e. The van der Waals surface area contributed by atoms with E-state index in [-0.39, 0.29) is 11.5 Å². The summed E-state index contributed by atoms with van der Waals surface area (Å²) in [5.74, 6) is 0.519. The largest absolute Gasteiger partial charge is 0.297 e. The van der Waals surface area contributed by atoms with Crippen LogP contribution >= 0.6 is 0 Å². The normalized spacial score (nSPS) is 19.8. The number of Topliss-reactive ketones (excluding diaryl/α,β-unsaturated/α-hetero) is 1. The minimum absolute atomic E-state index is 0.149. The standard InChI is InChI=1S/C11H21NO/c1-9(2)10(13)11(3,4)12-7-5-6-8-12/h9H,5-8H2,1-4H3. The molecule has 0 radical (unpaired) electrons. The van der Waals surface area contributed by atoms with E-state index in [4.69, 9.17) is 0 Å². The van der Waals surface area contributed by atoms with Crippen LogP contribution in [0.15, 0.2) is 0 Å². The summed E-state index contributed by atoms with van der Waals surface area (Å²) in [6, 6.07) is 0. The van der Waals surface area contributed by atoms with Crippen LogP contribution in [0.2, 0.25) is 0 Å². The second-order valence-electron chi connectivity index (χ2n) is 4.77. The van der Waals surface area contributed by atoms with Crippen LogP contribution in [0.25, 0.3) is 0 Å². The number of rotatable bonds is 3. The SMILES string of the molecule is CC(C)C(=O)C(C)(C)N1CCCC1. The maximum atomic E-state index is 11.9. The van der Waals surface area contributed by atoms with E-state index in [0.29, 0.717) is 5.78 Å². The van der Waals surface area contributed by atoms with E-state index < -0.39 is 0 Å². The lowest BCUT2D eigenvalue weighted by atomic mass is 9.89. The molecule has 1 aliphatic heterocycles. The fraction of sp³-hybridized carbons (Fsp3) is 0.909. The van der Waals surface area contributed by atoms with Crippen molar-refractivity contribution in [2.45, 2.75) is 46.1 Å². The zero-order valence-corrected chi connectivity index (χ0v) is 9.26. The molecule has 0 bridgehead atoms. The van der Waals surface area contributed by atoms with Crippen LogP contribution in [-0.4, -0.2) is 29.3 Å². The van der Waals surface area contributed by atoms with Crippen molar-refractivity contribution < 1.29 is 4.79 Å². The summed E-state index contributed by atoms with van der Waals surface area (Å²) < 4.78 is 0. The third kappa shape index (κ3) is 2.11. The van der Waals surface area contributed by atoms with E-state index in [1.807, 2.05) is 13.8 Å². The fourth-order valence-electron chi connectivity index (χ4n) is 2.14. The smallest absolute Gasteiger partial charge is 0.155 e. The molecule has 0 aliphatic carbocycles. The average molecular weight is 183 g/mol. The Morgan fingerprint density at radius 2 is 1.69 bits per heavy atom. The summed E-state index contributed by atoms with van der Waals surface area (Å²) in [5.41, 5.74) is -0.245. The second kappa shape index (κ2) is 3.79. The predicted molar refractivity (Wildman–Crippen MR) is 54.7 cm³/mol. The molecular formula is C11H21NO. The van der Waals surface area contributed by atoms with Crippen molar-refractivity contribution in [2.75, 3.05) is 13.1 Å². The van der Waals surface area contributed by atoms with E-state index in [2.05, 4.69) is 18.7 Å². The Balaban J connectivity index is 2.68. The lowest BCUT2D eigenvalue weighted by Crippen LogP contribution is -2.50. The van der Waals surface area contributed by atoms with Crippen molar-refractivity contribution in [3.8, 4) is 0 Å². The molecule has 1 fully saturated rings. The number of hydrogen-bond donors (Lipinski definition) is 0. The highest BCUT2D eigenvalue weighted by atomic mass is 16.1. The third-order valence-electron chi connectivity index (χ3n) is 3.02. The highest BCUT2D eigenvalue weighted by Gasteiger charge is 2.36. The highest BCUT2D eigenvalue weighted by Crippen LogP contribution is 2.24. The molecule has 0 amide bonds. The van der Waals surface area contributed by atoms with E-state index in [1.54, 1.807) is 0 Å². The van der Waals surface area contributed by atoms with Crippen molar-refractivity contribution in [3.63, 3.8) is 0 Å². The fourth-order valence-corrected chi connectivity index (χ4v) is 2.14. The van der Waals surface area contributed by atoms with Gasteiger partial charge in [0.2, 0.25) is 0 Å². The van der Waals surface area contributed by atoms with E-state index >= 15 is 0 Å². The lowest BCUT2D eigenvalue weighted by molar-refractivity contribution is -0.131. The van der Waals surface area contributed by atoms with Crippen LogP contribution in [0, 0.1) is 5.92 Å². The molecule has 0 N–H and O–H groups in total. The zero-order chi connectivity index (χ0) is 10.1. The van der Waals surface area contributed by atoms with E-state index in [1.165, 1.54) is 12.8 Å². The first-order valence-electron chi connectivity index (χ1n) is 5.25. The molecule has 1 saturated heterocycles. The van der Waals surface area contributed by atoms with Crippen LogP contribution in [0.3, 0.4) is 0 Å². The van der Waals surface area contributed by atoms with Gasteiger partial charge in [0.1, 0.15) is 0 Å². The van der Waals surface area contributed by atoms with Crippen molar-refractivity contribution in [2.24, 2.45) is 5.92 Å². The molecule has 0 unspecified atom stereocenters. The monoisotopic (exact) mass is 183 g/mol. The Morgan fingerprint density at radius 1 is 1.23 bits per heavy atom. The summed E-state index contributed by atoms with van der Waals surface area (Å²) >= 11 is 0. The summed E-state index contributed by atoms with van der Waals surface area (Å²) in [5, 5.41) is 0. The van der Waals surface area contributed by atoms with Crippen molar-refractivity contribution in [1.82, 2.24) is 4.90 Å². The molecule has 2 heteroatoms. The molecule has 2 nitrogen and oxygen atoms in total. The topological polar surface area (TPSA) is 20.3 Å². The van der Waals surface area contributed by atoms with Crippen LogP contribution in [0.5, 0.6) is 0 Å². The Kier molecular flexibility index (Phi) is 3.12. The quantitative estimate of drug-likeness (QED) is 0.667. The molecule has 13 heavy (non-hydrogen) atoms. The molecule has 1 aliphatic rings. The van der Waals surface area contributed by atoms with Gasteiger partial charge in [-0.05, 0) is 39.8 Å². The summed E-state index contributed by atoms with van der Waals surface area (Å²) in [6.45, 7) is 10.3. The number of likely N-dealkylation sites (tertiary alicyclic amines) is 1. The number of nitrogens with zero attached hydrogens (tertiary/aromatic N) is 1. The van der Waals surface area contributed by atoms with E-state index in [9.17, 15) is 4.79 Å². The van der Waals surface area contributed by atoms with Crippen molar-refractivity contribution in [3.05, 3.63) is 0 Å². The van der Waals surface area contributed by atoms with Gasteiger partial charge in [-0.25, -0.2) is 0 Å². The van der Waals surface area contributed by atoms with E-state index in [0.717, 1.165) is 13.1 Å². The number of ketones is 1. The molecule has 0 aromatic carbocycles. The predicted octanol–water partition coefficient (Wildman–Crippen LogP) is 2.09. The summed E-state index contributed by atoms with van der Waals surface area (Å²) in [7, 11) is 0. The molecule has 76 valence electrons. The molecule has 0 aromatic heterocycles. The lowest BCUT2D eigenvalue weighted by Gasteiger charge is -2.35. The maximum absolute atomic E-state index is 11.9. The molecule has 1 rings (SSSR count). The molecule has 1 heterocycles. The van der Waals surface area contributed by atoms with Crippen molar-refractivity contribution in [1.29, 1.82) is 0 Å². The van der Waals surface area contributed by atoms with Gasteiger partial charge in [0.05, 0.1) is 5.54 Å². The molecular weight excluding hydrogens is 162 g/mol. The molecule has 0 aromatic rings. The first-order chi connectivity index (χ1) is 5.96. The average Bonchev–Trinajstić information content (AvgIpc) is 2.54. The molecule has 0 atom stereocenters. The van der Waals surface area contributed by atoms with Crippen LogP contribution in [-0.2, 0) is 4.79 Å². The second-order valence-corrected chi connectivity index (χ2v) is 4.77.